The quantitative estimate of drug-likeness (QED) is 0.848. The van der Waals surface area contributed by atoms with E-state index in [0.29, 0.717) is 17.5 Å². The van der Waals surface area contributed by atoms with Gasteiger partial charge in [-0.3, -0.25) is 4.68 Å². The number of phenolic OH excluding ortho intramolecular Hbond substituents is 1. The Morgan fingerprint density at radius 3 is 2.94 bits per heavy atom. The Hall–Kier alpha value is -2.01. The van der Waals surface area contributed by atoms with Crippen LogP contribution < -0.4 is 10.1 Å². The minimum atomic E-state index is 0.119. The number of likely N-dealkylation sites (N-methyl/N-ethyl adjacent to an activating group) is 1. The van der Waals surface area contributed by atoms with E-state index in [1.54, 1.807) is 35.3 Å². The second-order valence-electron chi connectivity index (χ2n) is 4.16. The summed E-state index contributed by atoms with van der Waals surface area (Å²) in [7, 11) is 1.91. The van der Waals surface area contributed by atoms with Crippen LogP contribution in [0.2, 0.25) is 0 Å². The predicted octanol–water partition coefficient (Wildman–Crippen LogP) is 1.99. The molecule has 1 aromatic heterocycles. The summed E-state index contributed by atoms with van der Waals surface area (Å²) in [6.07, 6.45) is 3.44. The summed E-state index contributed by atoms with van der Waals surface area (Å²) < 4.78 is 7.35. The molecular weight excluding hydrogens is 230 g/mol. The summed E-state index contributed by atoms with van der Waals surface area (Å²) in [6, 6.07) is 7.19. The first-order valence-corrected chi connectivity index (χ1v) is 5.84. The van der Waals surface area contributed by atoms with Crippen LogP contribution >= 0.6 is 0 Å². The minimum absolute atomic E-state index is 0.119. The minimum Gasteiger partial charge on any atom is -0.504 e. The number of hydrogen-bond acceptors (Lipinski definition) is 4. The van der Waals surface area contributed by atoms with E-state index < -0.39 is 0 Å². The van der Waals surface area contributed by atoms with Gasteiger partial charge in [0.2, 0.25) is 0 Å². The number of hydrogen-bond donors (Lipinski definition) is 2. The first-order chi connectivity index (χ1) is 8.69. The van der Waals surface area contributed by atoms with E-state index in [9.17, 15) is 5.11 Å². The molecule has 0 aliphatic carbocycles. The summed E-state index contributed by atoms with van der Waals surface area (Å²) in [5, 5.41) is 16.9. The van der Waals surface area contributed by atoms with E-state index >= 15 is 0 Å². The average Bonchev–Trinajstić information content (AvgIpc) is 2.79. The Labute approximate surface area is 106 Å². The molecule has 0 saturated carbocycles. The Morgan fingerprint density at radius 1 is 1.44 bits per heavy atom. The van der Waals surface area contributed by atoms with Gasteiger partial charge in [-0.2, -0.15) is 5.10 Å². The number of rotatable bonds is 5. The van der Waals surface area contributed by atoms with Crippen molar-refractivity contribution in [3.63, 3.8) is 0 Å². The fourth-order valence-corrected chi connectivity index (χ4v) is 1.54. The van der Waals surface area contributed by atoms with Gasteiger partial charge in [-0.1, -0.05) is 12.1 Å². The van der Waals surface area contributed by atoms with E-state index in [4.69, 9.17) is 4.74 Å². The summed E-state index contributed by atoms with van der Waals surface area (Å²) in [5.74, 6) is 1.16. The van der Waals surface area contributed by atoms with Crippen molar-refractivity contribution in [2.24, 2.45) is 0 Å². The Bertz CT molecular complexity index is 510. The number of para-hydroxylation sites is 2. The lowest BCUT2D eigenvalue weighted by atomic mass is 10.3. The molecule has 0 bridgehead atoms. The maximum absolute atomic E-state index is 9.60. The molecule has 0 aliphatic heterocycles. The van der Waals surface area contributed by atoms with Crippen LogP contribution in [0, 0.1) is 0 Å². The summed E-state index contributed by atoms with van der Waals surface area (Å²) in [5.41, 5.74) is 0. The van der Waals surface area contributed by atoms with Crippen LogP contribution in [-0.2, 0) is 6.54 Å². The molecule has 96 valence electrons. The monoisotopic (exact) mass is 247 g/mol. The van der Waals surface area contributed by atoms with Gasteiger partial charge in [0.15, 0.2) is 17.2 Å². The molecule has 2 rings (SSSR count). The first kappa shape index (κ1) is 12.4. The van der Waals surface area contributed by atoms with Crippen LogP contribution in [0.3, 0.4) is 0 Å². The highest BCUT2D eigenvalue weighted by atomic mass is 16.5. The van der Waals surface area contributed by atoms with E-state index in [0.717, 1.165) is 6.54 Å². The third kappa shape index (κ3) is 3.01. The molecule has 18 heavy (non-hydrogen) atoms. The smallest absolute Gasteiger partial charge is 0.169 e. The zero-order valence-corrected chi connectivity index (χ0v) is 10.5. The number of ether oxygens (including phenoxy) is 1. The maximum Gasteiger partial charge on any atom is 0.169 e. The van der Waals surface area contributed by atoms with Gasteiger partial charge in [0.1, 0.15) is 0 Å². The molecule has 0 saturated heterocycles. The van der Waals surface area contributed by atoms with Crippen LogP contribution in [0.5, 0.6) is 17.2 Å². The van der Waals surface area contributed by atoms with Crippen molar-refractivity contribution in [1.29, 1.82) is 0 Å². The molecule has 0 radical (unpaired) electrons. The standard InChI is InChI=1S/C13H17N3O2/c1-10(14-2)8-16-9-11(7-15-16)18-13-6-4-3-5-12(13)17/h3-7,9-10,14,17H,8H2,1-2H3. The number of aromatic nitrogens is 2. The lowest BCUT2D eigenvalue weighted by Gasteiger charge is -2.09. The number of benzene rings is 1. The van der Waals surface area contributed by atoms with E-state index in [2.05, 4.69) is 17.3 Å². The molecule has 0 amide bonds. The number of aromatic hydroxyl groups is 1. The first-order valence-electron chi connectivity index (χ1n) is 5.84. The van der Waals surface area contributed by atoms with Gasteiger partial charge < -0.3 is 15.2 Å². The second kappa shape index (κ2) is 5.55. The van der Waals surface area contributed by atoms with Crippen molar-refractivity contribution in [2.75, 3.05) is 7.05 Å². The van der Waals surface area contributed by atoms with E-state index in [1.165, 1.54) is 0 Å². The topological polar surface area (TPSA) is 59.3 Å². The van der Waals surface area contributed by atoms with Crippen molar-refractivity contribution in [1.82, 2.24) is 15.1 Å². The van der Waals surface area contributed by atoms with Gasteiger partial charge in [-0.15, -0.1) is 0 Å². The third-order valence-electron chi connectivity index (χ3n) is 2.66. The lowest BCUT2D eigenvalue weighted by molar-refractivity contribution is 0.410. The van der Waals surface area contributed by atoms with Gasteiger partial charge >= 0.3 is 0 Å². The van der Waals surface area contributed by atoms with Gasteiger partial charge in [0, 0.05) is 6.04 Å². The highest BCUT2D eigenvalue weighted by Crippen LogP contribution is 2.29. The highest BCUT2D eigenvalue weighted by Gasteiger charge is 2.06. The molecule has 1 aromatic carbocycles. The molecule has 0 aliphatic rings. The zero-order valence-electron chi connectivity index (χ0n) is 10.5. The fourth-order valence-electron chi connectivity index (χ4n) is 1.54. The maximum atomic E-state index is 9.60. The fraction of sp³-hybridized carbons (Fsp3) is 0.308. The summed E-state index contributed by atoms with van der Waals surface area (Å²) >= 11 is 0. The molecule has 2 aromatic rings. The molecule has 1 unspecified atom stereocenters. The molecule has 5 heteroatoms. The summed E-state index contributed by atoms with van der Waals surface area (Å²) in [6.45, 7) is 2.84. The predicted molar refractivity (Wildman–Crippen MR) is 68.9 cm³/mol. The molecule has 1 heterocycles. The molecule has 0 fully saturated rings. The van der Waals surface area contributed by atoms with Crippen LogP contribution in [0.1, 0.15) is 6.92 Å². The van der Waals surface area contributed by atoms with E-state index in [1.807, 2.05) is 13.1 Å². The molecular formula is C13H17N3O2. The summed E-state index contributed by atoms with van der Waals surface area (Å²) in [4.78, 5) is 0. The van der Waals surface area contributed by atoms with Crippen molar-refractivity contribution in [3.8, 4) is 17.2 Å². The van der Waals surface area contributed by atoms with Crippen molar-refractivity contribution < 1.29 is 9.84 Å². The Balaban J connectivity index is 2.05. The molecule has 1 atom stereocenters. The van der Waals surface area contributed by atoms with Crippen molar-refractivity contribution >= 4 is 0 Å². The van der Waals surface area contributed by atoms with E-state index in [-0.39, 0.29) is 5.75 Å². The number of nitrogens with zero attached hydrogens (tertiary/aromatic N) is 2. The van der Waals surface area contributed by atoms with Crippen LogP contribution in [0.15, 0.2) is 36.7 Å². The van der Waals surface area contributed by atoms with Crippen molar-refractivity contribution in [2.45, 2.75) is 19.5 Å². The number of phenols is 1. The van der Waals surface area contributed by atoms with Crippen LogP contribution in [0.25, 0.3) is 0 Å². The molecule has 0 spiro atoms. The van der Waals surface area contributed by atoms with Gasteiger partial charge in [0.05, 0.1) is 18.9 Å². The third-order valence-corrected chi connectivity index (χ3v) is 2.66. The number of nitrogens with one attached hydrogen (secondary N) is 1. The molecule has 2 N–H and O–H groups in total. The van der Waals surface area contributed by atoms with Gasteiger partial charge in [-0.25, -0.2) is 0 Å². The van der Waals surface area contributed by atoms with Gasteiger partial charge in [0.25, 0.3) is 0 Å². The van der Waals surface area contributed by atoms with Crippen LogP contribution in [-0.4, -0.2) is 28.0 Å². The normalized spacial score (nSPS) is 12.3. The van der Waals surface area contributed by atoms with Gasteiger partial charge in [-0.05, 0) is 26.1 Å². The van der Waals surface area contributed by atoms with Crippen LogP contribution in [0.4, 0.5) is 0 Å². The Kier molecular flexibility index (Phi) is 3.84. The average molecular weight is 247 g/mol. The zero-order chi connectivity index (χ0) is 13.0. The Morgan fingerprint density at radius 2 is 2.22 bits per heavy atom. The van der Waals surface area contributed by atoms with Crippen molar-refractivity contribution in [3.05, 3.63) is 36.7 Å². The largest absolute Gasteiger partial charge is 0.504 e. The highest BCUT2D eigenvalue weighted by molar-refractivity contribution is 5.40. The molecule has 5 nitrogen and oxygen atoms in total. The SMILES string of the molecule is CNC(C)Cn1cc(Oc2ccccc2O)cn1. The lowest BCUT2D eigenvalue weighted by Crippen LogP contribution is -2.26. The second-order valence-corrected chi connectivity index (χ2v) is 4.16.